The van der Waals surface area contributed by atoms with Crippen molar-refractivity contribution in [1.82, 2.24) is 9.97 Å². The number of thiophene rings is 1. The van der Waals surface area contributed by atoms with Crippen LogP contribution in [0.4, 0.5) is 0 Å². The average Bonchev–Trinajstić information content (AvgIpc) is 2.55. The van der Waals surface area contributed by atoms with Crippen LogP contribution >= 0.6 is 34.5 Å². The second kappa shape index (κ2) is 5.91. The summed E-state index contributed by atoms with van der Waals surface area (Å²) in [6, 6.07) is 3.55. The van der Waals surface area contributed by atoms with Crippen molar-refractivity contribution in [3.63, 3.8) is 0 Å². The number of hydrogen-bond acceptors (Lipinski definition) is 3. The van der Waals surface area contributed by atoms with E-state index in [1.165, 1.54) is 17.7 Å². The van der Waals surface area contributed by atoms with Crippen molar-refractivity contribution in [1.29, 1.82) is 0 Å². The third-order valence-electron chi connectivity index (χ3n) is 1.05. The van der Waals surface area contributed by atoms with Gasteiger partial charge in [0.05, 0.1) is 5.02 Å². The summed E-state index contributed by atoms with van der Waals surface area (Å²) in [5.41, 5.74) is 0. The number of hydrogen-bond donors (Lipinski definition) is 0. The zero-order valence-electron chi connectivity index (χ0n) is 6.52. The Labute approximate surface area is 90.2 Å². The van der Waals surface area contributed by atoms with E-state index in [4.69, 9.17) is 23.2 Å². The highest BCUT2D eigenvalue weighted by Gasteiger charge is 1.92. The number of aromatic nitrogens is 2. The summed E-state index contributed by atoms with van der Waals surface area (Å²) in [4.78, 5) is 7.35. The van der Waals surface area contributed by atoms with Crippen LogP contribution in [0, 0.1) is 0 Å². The lowest BCUT2D eigenvalue weighted by Crippen LogP contribution is -1.66. The van der Waals surface area contributed by atoms with Gasteiger partial charge in [0.2, 0.25) is 0 Å². The van der Waals surface area contributed by atoms with Gasteiger partial charge >= 0.3 is 0 Å². The van der Waals surface area contributed by atoms with Gasteiger partial charge in [0, 0.05) is 12.4 Å². The Morgan fingerprint density at radius 2 is 1.85 bits per heavy atom. The first-order chi connectivity index (χ1) is 6.30. The fourth-order valence-electron chi connectivity index (χ4n) is 0.529. The molecule has 0 aromatic carbocycles. The van der Waals surface area contributed by atoms with Gasteiger partial charge in [-0.25, -0.2) is 9.97 Å². The summed E-state index contributed by atoms with van der Waals surface area (Å²) in [5.74, 6) is 0. The summed E-state index contributed by atoms with van der Waals surface area (Å²) < 4.78 is 0.668. The first kappa shape index (κ1) is 10.4. The van der Waals surface area contributed by atoms with E-state index in [0.717, 1.165) is 0 Å². The molecule has 2 rings (SSSR count). The van der Waals surface area contributed by atoms with Gasteiger partial charge in [0.25, 0.3) is 0 Å². The first-order valence-electron chi connectivity index (χ1n) is 3.39. The van der Waals surface area contributed by atoms with Crippen LogP contribution in [0.3, 0.4) is 0 Å². The molecule has 0 N–H and O–H groups in total. The molecule has 0 atom stereocenters. The van der Waals surface area contributed by atoms with Crippen LogP contribution in [0.25, 0.3) is 0 Å². The number of rotatable bonds is 0. The lowest BCUT2D eigenvalue weighted by atomic mass is 10.7. The normalized spacial score (nSPS) is 8.77. The summed E-state index contributed by atoms with van der Waals surface area (Å²) in [7, 11) is 0. The van der Waals surface area contributed by atoms with Crippen LogP contribution in [-0.2, 0) is 0 Å². The fraction of sp³-hybridized carbons (Fsp3) is 0. The maximum absolute atomic E-state index is 5.51. The summed E-state index contributed by atoms with van der Waals surface area (Å²) in [6.07, 6.45) is 4.88. The van der Waals surface area contributed by atoms with Crippen molar-refractivity contribution in [2.24, 2.45) is 0 Å². The number of halogens is 2. The smallest absolute Gasteiger partial charge is 0.115 e. The van der Waals surface area contributed by atoms with Gasteiger partial charge in [-0.1, -0.05) is 23.2 Å². The molecule has 0 aliphatic carbocycles. The maximum atomic E-state index is 5.51. The second-order valence-electron chi connectivity index (χ2n) is 1.95. The molecule has 0 unspecified atom stereocenters. The van der Waals surface area contributed by atoms with Crippen LogP contribution in [0.5, 0.6) is 0 Å². The Morgan fingerprint density at radius 3 is 2.00 bits per heavy atom. The van der Waals surface area contributed by atoms with Crippen LogP contribution < -0.4 is 0 Å². The van der Waals surface area contributed by atoms with Crippen LogP contribution in [0.1, 0.15) is 0 Å². The highest BCUT2D eigenvalue weighted by atomic mass is 35.5. The highest BCUT2D eigenvalue weighted by molar-refractivity contribution is 7.15. The molecule has 2 aromatic heterocycles. The zero-order chi connectivity index (χ0) is 9.52. The Balaban J connectivity index is 0.000000132. The maximum Gasteiger partial charge on any atom is 0.115 e. The molecule has 0 spiro atoms. The van der Waals surface area contributed by atoms with Gasteiger partial charge in [-0.15, -0.1) is 11.3 Å². The molecule has 2 aromatic rings. The Hall–Kier alpha value is -0.640. The van der Waals surface area contributed by atoms with E-state index in [1.807, 2.05) is 5.38 Å². The molecule has 2 heterocycles. The molecular formula is C8H6Cl2N2S. The minimum absolute atomic E-state index is 0.645. The molecule has 0 aliphatic rings. The standard InChI is InChI=1S/C4H2Cl2S.C4H4N2/c5-3-1-2-7-4(3)6;1-2-5-4-6-3-1/h1-2H;1-4H. The van der Waals surface area contributed by atoms with Crippen molar-refractivity contribution in [2.45, 2.75) is 0 Å². The van der Waals surface area contributed by atoms with E-state index in [-0.39, 0.29) is 0 Å². The summed E-state index contributed by atoms with van der Waals surface area (Å²) in [6.45, 7) is 0. The molecule has 2 nitrogen and oxygen atoms in total. The predicted molar refractivity (Wildman–Crippen MR) is 56.4 cm³/mol. The minimum Gasteiger partial charge on any atom is -0.245 e. The van der Waals surface area contributed by atoms with Crippen molar-refractivity contribution >= 4 is 34.5 Å². The average molecular weight is 233 g/mol. The lowest BCUT2D eigenvalue weighted by molar-refractivity contribution is 1.17. The molecule has 0 saturated carbocycles. The van der Waals surface area contributed by atoms with Gasteiger partial charge in [-0.2, -0.15) is 0 Å². The van der Waals surface area contributed by atoms with Crippen molar-refractivity contribution < 1.29 is 0 Å². The summed E-state index contributed by atoms with van der Waals surface area (Å²) in [5, 5.41) is 2.50. The predicted octanol–water partition coefficient (Wildman–Crippen LogP) is 3.53. The van der Waals surface area contributed by atoms with E-state index >= 15 is 0 Å². The van der Waals surface area contributed by atoms with Crippen molar-refractivity contribution in [3.8, 4) is 0 Å². The molecule has 0 radical (unpaired) electrons. The van der Waals surface area contributed by atoms with E-state index in [9.17, 15) is 0 Å². The molecule has 0 saturated heterocycles. The van der Waals surface area contributed by atoms with Crippen molar-refractivity contribution in [3.05, 3.63) is 45.6 Å². The minimum atomic E-state index is 0.645. The third-order valence-corrected chi connectivity index (χ3v) is 2.74. The van der Waals surface area contributed by atoms with Gasteiger partial charge < -0.3 is 0 Å². The number of nitrogens with zero attached hydrogens (tertiary/aromatic N) is 2. The molecule has 68 valence electrons. The van der Waals surface area contributed by atoms with E-state index in [1.54, 1.807) is 24.5 Å². The van der Waals surface area contributed by atoms with Gasteiger partial charge in [0.1, 0.15) is 10.7 Å². The molecule has 0 amide bonds. The molecule has 5 heteroatoms. The second-order valence-corrected chi connectivity index (χ2v) is 3.87. The highest BCUT2D eigenvalue weighted by Crippen LogP contribution is 2.26. The summed E-state index contributed by atoms with van der Waals surface area (Å²) >= 11 is 12.5. The van der Waals surface area contributed by atoms with E-state index < -0.39 is 0 Å². The monoisotopic (exact) mass is 232 g/mol. The van der Waals surface area contributed by atoms with Gasteiger partial charge in [0.15, 0.2) is 0 Å². The first-order valence-corrected chi connectivity index (χ1v) is 5.02. The molecular weight excluding hydrogens is 227 g/mol. The SMILES string of the molecule is Clc1ccsc1Cl.c1cncnc1. The van der Waals surface area contributed by atoms with Gasteiger partial charge in [-0.05, 0) is 17.5 Å². The van der Waals surface area contributed by atoms with Crippen LogP contribution in [0.15, 0.2) is 36.2 Å². The Bertz CT molecular complexity index is 294. The largest absolute Gasteiger partial charge is 0.245 e. The van der Waals surface area contributed by atoms with E-state index in [2.05, 4.69) is 9.97 Å². The van der Waals surface area contributed by atoms with Crippen LogP contribution in [0.2, 0.25) is 9.36 Å². The third kappa shape index (κ3) is 4.22. The fourth-order valence-corrected chi connectivity index (χ4v) is 1.52. The molecule has 0 aliphatic heterocycles. The molecule has 13 heavy (non-hydrogen) atoms. The van der Waals surface area contributed by atoms with Crippen LogP contribution in [-0.4, -0.2) is 9.97 Å². The quantitative estimate of drug-likeness (QED) is 0.695. The lowest BCUT2D eigenvalue weighted by Gasteiger charge is -1.73. The Morgan fingerprint density at radius 1 is 1.15 bits per heavy atom. The zero-order valence-corrected chi connectivity index (χ0v) is 8.85. The topological polar surface area (TPSA) is 25.8 Å². The van der Waals surface area contributed by atoms with Crippen molar-refractivity contribution in [2.75, 3.05) is 0 Å². The Kier molecular flexibility index (Phi) is 4.75. The van der Waals surface area contributed by atoms with E-state index in [0.29, 0.717) is 9.36 Å². The molecule has 0 fully saturated rings. The molecule has 0 bridgehead atoms. The van der Waals surface area contributed by atoms with Gasteiger partial charge in [-0.3, -0.25) is 0 Å².